The number of hydrogen-bond donors (Lipinski definition) is 1. The number of fused-ring (bicyclic) bond motifs is 1. The molecule has 0 aliphatic rings. The largest absolute Gasteiger partial charge is 0.348 e. The third-order valence-corrected chi connectivity index (χ3v) is 2.54. The van der Waals surface area contributed by atoms with Gasteiger partial charge in [-0.25, -0.2) is 0 Å². The summed E-state index contributed by atoms with van der Waals surface area (Å²) in [6.45, 7) is 2.11. The van der Waals surface area contributed by atoms with E-state index < -0.39 is 0 Å². The summed E-state index contributed by atoms with van der Waals surface area (Å²) in [5.41, 5.74) is 2.55. The Morgan fingerprint density at radius 2 is 2.00 bits per heavy atom. The second-order valence-corrected chi connectivity index (χ2v) is 3.60. The van der Waals surface area contributed by atoms with Gasteiger partial charge >= 0.3 is 0 Å². The molecule has 0 radical (unpaired) electrons. The number of nitrogens with zero attached hydrogens (tertiary/aromatic N) is 1. The summed E-state index contributed by atoms with van der Waals surface area (Å²) in [7, 11) is 2.08. The quantitative estimate of drug-likeness (QED) is 0.590. The molecule has 0 fully saturated rings. The Kier molecular flexibility index (Phi) is 1.65. The zero-order valence-corrected chi connectivity index (χ0v) is 8.10. The zero-order valence-electron chi connectivity index (χ0n) is 7.20. The van der Waals surface area contributed by atoms with Crippen molar-refractivity contribution in [3.05, 3.63) is 30.0 Å². The molecule has 0 aliphatic heterocycles. The van der Waals surface area contributed by atoms with E-state index in [9.17, 15) is 0 Å². The Balaban J connectivity index is 2.87. The van der Waals surface area contributed by atoms with Crippen molar-refractivity contribution in [3.8, 4) is 0 Å². The number of benzene rings is 1. The fourth-order valence-electron chi connectivity index (χ4n) is 1.47. The minimum atomic E-state index is 1.02. The van der Waals surface area contributed by atoms with Gasteiger partial charge < -0.3 is 4.57 Å². The summed E-state index contributed by atoms with van der Waals surface area (Å²) in [6.07, 6.45) is 0. The number of aromatic nitrogens is 1. The van der Waals surface area contributed by atoms with Gasteiger partial charge in [-0.15, -0.1) is 12.6 Å². The minimum absolute atomic E-state index is 1.02. The lowest BCUT2D eigenvalue weighted by Gasteiger charge is -1.97. The van der Waals surface area contributed by atoms with Gasteiger partial charge in [0, 0.05) is 28.5 Å². The summed E-state index contributed by atoms with van der Waals surface area (Å²) in [6, 6.07) is 8.38. The first-order chi connectivity index (χ1) is 5.68. The van der Waals surface area contributed by atoms with Gasteiger partial charge in [-0.1, -0.05) is 0 Å². The SMILES string of the molecule is Cc1cc2cc(S)ccc2n1C. The summed E-state index contributed by atoms with van der Waals surface area (Å²) >= 11 is 4.29. The van der Waals surface area contributed by atoms with E-state index in [0.717, 1.165) is 4.90 Å². The lowest BCUT2D eigenvalue weighted by Crippen LogP contribution is -1.88. The van der Waals surface area contributed by atoms with Gasteiger partial charge in [0.05, 0.1) is 0 Å². The lowest BCUT2D eigenvalue weighted by atomic mass is 10.2. The molecule has 2 heteroatoms. The highest BCUT2D eigenvalue weighted by atomic mass is 32.1. The molecule has 0 saturated heterocycles. The van der Waals surface area contributed by atoms with Crippen molar-refractivity contribution in [1.82, 2.24) is 4.57 Å². The number of rotatable bonds is 0. The van der Waals surface area contributed by atoms with E-state index in [2.05, 4.69) is 49.4 Å². The van der Waals surface area contributed by atoms with Gasteiger partial charge in [-0.2, -0.15) is 0 Å². The van der Waals surface area contributed by atoms with E-state index in [1.54, 1.807) is 0 Å². The Morgan fingerprint density at radius 1 is 1.25 bits per heavy atom. The van der Waals surface area contributed by atoms with Crippen molar-refractivity contribution in [2.75, 3.05) is 0 Å². The monoisotopic (exact) mass is 177 g/mol. The molecule has 2 aromatic rings. The topological polar surface area (TPSA) is 4.93 Å². The van der Waals surface area contributed by atoms with Crippen LogP contribution in [0.3, 0.4) is 0 Å². The number of thiol groups is 1. The maximum atomic E-state index is 4.29. The summed E-state index contributed by atoms with van der Waals surface area (Å²) in [4.78, 5) is 1.02. The van der Waals surface area contributed by atoms with Crippen molar-refractivity contribution < 1.29 is 0 Å². The maximum Gasteiger partial charge on any atom is 0.0480 e. The molecule has 0 amide bonds. The maximum absolute atomic E-state index is 4.29. The Labute approximate surface area is 77.4 Å². The van der Waals surface area contributed by atoms with Crippen LogP contribution in [0.15, 0.2) is 29.2 Å². The van der Waals surface area contributed by atoms with Crippen LogP contribution in [-0.2, 0) is 7.05 Å². The van der Waals surface area contributed by atoms with Crippen LogP contribution in [0.1, 0.15) is 5.69 Å². The predicted molar refractivity (Wildman–Crippen MR) is 54.9 cm³/mol. The van der Waals surface area contributed by atoms with E-state index in [1.165, 1.54) is 16.6 Å². The highest BCUT2D eigenvalue weighted by Gasteiger charge is 2.00. The van der Waals surface area contributed by atoms with E-state index in [-0.39, 0.29) is 0 Å². The highest BCUT2D eigenvalue weighted by Crippen LogP contribution is 2.20. The van der Waals surface area contributed by atoms with Crippen molar-refractivity contribution in [1.29, 1.82) is 0 Å². The number of aryl methyl sites for hydroxylation is 2. The molecule has 0 aliphatic carbocycles. The highest BCUT2D eigenvalue weighted by molar-refractivity contribution is 7.80. The first kappa shape index (κ1) is 7.74. The van der Waals surface area contributed by atoms with Crippen molar-refractivity contribution >= 4 is 23.5 Å². The van der Waals surface area contributed by atoms with Crippen molar-refractivity contribution in [3.63, 3.8) is 0 Å². The Morgan fingerprint density at radius 3 is 2.75 bits per heavy atom. The van der Waals surface area contributed by atoms with Gasteiger partial charge in [0.25, 0.3) is 0 Å². The van der Waals surface area contributed by atoms with Gasteiger partial charge in [0.1, 0.15) is 0 Å². The van der Waals surface area contributed by atoms with Crippen LogP contribution < -0.4 is 0 Å². The molecular weight excluding hydrogens is 166 g/mol. The van der Waals surface area contributed by atoms with Crippen LogP contribution in [0.2, 0.25) is 0 Å². The second kappa shape index (κ2) is 2.56. The second-order valence-electron chi connectivity index (χ2n) is 3.09. The standard InChI is InChI=1S/C10H11NS/c1-7-5-8-6-9(12)3-4-10(8)11(7)2/h3-6,12H,1-2H3. The van der Waals surface area contributed by atoms with Gasteiger partial charge in [-0.05, 0) is 31.2 Å². The van der Waals surface area contributed by atoms with Crippen molar-refractivity contribution in [2.24, 2.45) is 7.05 Å². The summed E-state index contributed by atoms with van der Waals surface area (Å²) in [5, 5.41) is 1.27. The molecule has 0 unspecified atom stereocenters. The molecule has 0 N–H and O–H groups in total. The molecule has 62 valence electrons. The van der Waals surface area contributed by atoms with E-state index in [0.29, 0.717) is 0 Å². The Bertz CT molecular complexity index is 429. The van der Waals surface area contributed by atoms with Crippen molar-refractivity contribution in [2.45, 2.75) is 11.8 Å². The van der Waals surface area contributed by atoms with Gasteiger partial charge in [0.15, 0.2) is 0 Å². The molecule has 0 atom stereocenters. The van der Waals surface area contributed by atoms with Gasteiger partial charge in [-0.3, -0.25) is 0 Å². The fraction of sp³-hybridized carbons (Fsp3) is 0.200. The van der Waals surface area contributed by atoms with Gasteiger partial charge in [0.2, 0.25) is 0 Å². The molecule has 0 saturated carbocycles. The van der Waals surface area contributed by atoms with Crippen LogP contribution in [0.4, 0.5) is 0 Å². The first-order valence-electron chi connectivity index (χ1n) is 3.93. The normalized spacial score (nSPS) is 10.9. The average molecular weight is 177 g/mol. The zero-order chi connectivity index (χ0) is 8.72. The van der Waals surface area contributed by atoms with E-state index in [1.807, 2.05) is 6.07 Å². The third kappa shape index (κ3) is 1.03. The third-order valence-electron chi connectivity index (χ3n) is 2.27. The Hall–Kier alpha value is -0.890. The molecule has 0 bridgehead atoms. The van der Waals surface area contributed by atoms with E-state index in [4.69, 9.17) is 0 Å². The molecule has 2 rings (SSSR count). The smallest absolute Gasteiger partial charge is 0.0480 e. The molecule has 1 aromatic carbocycles. The van der Waals surface area contributed by atoms with Crippen LogP contribution in [-0.4, -0.2) is 4.57 Å². The molecule has 0 spiro atoms. The van der Waals surface area contributed by atoms with Crippen LogP contribution in [0.5, 0.6) is 0 Å². The minimum Gasteiger partial charge on any atom is -0.348 e. The molecule has 1 aromatic heterocycles. The van der Waals surface area contributed by atoms with Crippen LogP contribution >= 0.6 is 12.6 Å². The molecule has 1 nitrogen and oxygen atoms in total. The van der Waals surface area contributed by atoms with Crippen LogP contribution in [0.25, 0.3) is 10.9 Å². The first-order valence-corrected chi connectivity index (χ1v) is 4.38. The number of hydrogen-bond acceptors (Lipinski definition) is 1. The molecule has 12 heavy (non-hydrogen) atoms. The average Bonchev–Trinajstić information content (AvgIpc) is 2.28. The van der Waals surface area contributed by atoms with Crippen LogP contribution in [0, 0.1) is 6.92 Å². The molecule has 1 heterocycles. The lowest BCUT2D eigenvalue weighted by molar-refractivity contribution is 0.918. The molecular formula is C10H11NS. The fourth-order valence-corrected chi connectivity index (χ4v) is 1.69. The predicted octanol–water partition coefficient (Wildman–Crippen LogP) is 2.78. The summed E-state index contributed by atoms with van der Waals surface area (Å²) in [5.74, 6) is 0. The van der Waals surface area contributed by atoms with E-state index >= 15 is 0 Å². The summed E-state index contributed by atoms with van der Waals surface area (Å²) < 4.78 is 2.18.